The molecule has 4 N–H and O–H groups in total. The molecule has 0 aliphatic heterocycles. The first-order chi connectivity index (χ1) is 16.8. The summed E-state index contributed by atoms with van der Waals surface area (Å²) >= 11 is 0. The molecule has 2 aromatic rings. The molecule has 0 saturated heterocycles. The Morgan fingerprint density at radius 1 is 0.600 bits per heavy atom. The fourth-order valence-corrected chi connectivity index (χ4v) is 3.47. The van der Waals surface area contributed by atoms with Crippen molar-refractivity contribution in [3.05, 3.63) is 46.9 Å². The fourth-order valence-electron chi connectivity index (χ4n) is 3.47. The number of aliphatic hydroxyl groups excluding tert-OH is 4. The quantitative estimate of drug-likeness (QED) is 0.327. The highest BCUT2D eigenvalue weighted by Crippen LogP contribution is 2.42. The molecule has 0 unspecified atom stereocenters. The topological polar surface area (TPSA) is 136 Å². The predicted octanol–water partition coefficient (Wildman–Crippen LogP) is 3.21. The van der Waals surface area contributed by atoms with E-state index >= 15 is 0 Å². The van der Waals surface area contributed by atoms with Gasteiger partial charge in [0.05, 0.1) is 55.9 Å². The van der Waals surface area contributed by atoms with Crippen molar-refractivity contribution in [2.75, 3.05) is 55.9 Å². The average Bonchev–Trinajstić information content (AvgIpc) is 2.88. The molecule has 0 aliphatic carbocycles. The van der Waals surface area contributed by atoms with Gasteiger partial charge in [-0.1, -0.05) is 0 Å². The van der Waals surface area contributed by atoms with Crippen LogP contribution in [0.25, 0.3) is 12.2 Å². The van der Waals surface area contributed by atoms with Crippen LogP contribution in [0, 0.1) is 5.41 Å². The van der Waals surface area contributed by atoms with Crippen LogP contribution in [0.5, 0.6) is 34.5 Å². The summed E-state index contributed by atoms with van der Waals surface area (Å²) in [5, 5.41) is 42.2. The SMILES string of the molecule is COc1cc(C=C(O)C(CO)(CO)C(O)=Cc2cc(OC)c(OC)c(OC)c2)cc(OC)c1OC. The van der Waals surface area contributed by atoms with Crippen LogP contribution >= 0.6 is 0 Å². The maximum Gasteiger partial charge on any atom is 0.203 e. The highest BCUT2D eigenvalue weighted by molar-refractivity contribution is 5.66. The third-order valence-corrected chi connectivity index (χ3v) is 5.50. The van der Waals surface area contributed by atoms with Gasteiger partial charge in [0, 0.05) is 0 Å². The highest BCUT2D eigenvalue weighted by atomic mass is 16.5. The highest BCUT2D eigenvalue weighted by Gasteiger charge is 2.39. The van der Waals surface area contributed by atoms with Gasteiger partial charge in [0.25, 0.3) is 0 Å². The molecule has 0 atom stereocenters. The Bertz CT molecular complexity index is 938. The molecule has 0 heterocycles. The lowest BCUT2D eigenvalue weighted by atomic mass is 9.83. The van der Waals surface area contributed by atoms with E-state index in [2.05, 4.69) is 0 Å². The van der Waals surface area contributed by atoms with Crippen LogP contribution in [0.4, 0.5) is 0 Å². The van der Waals surface area contributed by atoms with E-state index in [9.17, 15) is 20.4 Å². The van der Waals surface area contributed by atoms with E-state index in [0.717, 1.165) is 0 Å². The van der Waals surface area contributed by atoms with Gasteiger partial charge >= 0.3 is 0 Å². The molecule has 0 spiro atoms. The standard InChI is InChI=1S/C25H32O10/c1-30-17-7-15(8-18(31-2)23(17)34-5)11-21(28)25(13-26,14-27)22(29)12-16-9-19(32-3)24(35-6)20(10-16)33-4/h7-12,26-29H,13-14H2,1-6H3. The summed E-state index contributed by atoms with van der Waals surface area (Å²) in [6.07, 6.45) is 2.55. The van der Waals surface area contributed by atoms with E-state index in [1.54, 1.807) is 24.3 Å². The van der Waals surface area contributed by atoms with Crippen molar-refractivity contribution in [2.24, 2.45) is 5.41 Å². The molecule has 0 fully saturated rings. The number of aliphatic hydroxyl groups is 4. The lowest BCUT2D eigenvalue weighted by molar-refractivity contribution is 0.0487. The first-order valence-electron chi connectivity index (χ1n) is 10.4. The Morgan fingerprint density at radius 2 is 0.886 bits per heavy atom. The summed E-state index contributed by atoms with van der Waals surface area (Å²) < 4.78 is 31.9. The number of hydrogen-bond donors (Lipinski definition) is 4. The minimum atomic E-state index is -1.92. The van der Waals surface area contributed by atoms with Crippen LogP contribution in [0.3, 0.4) is 0 Å². The molecule has 192 valence electrons. The van der Waals surface area contributed by atoms with Crippen molar-refractivity contribution in [3.8, 4) is 34.5 Å². The number of rotatable bonds is 12. The maximum absolute atomic E-state index is 11.0. The molecule has 10 nitrogen and oxygen atoms in total. The van der Waals surface area contributed by atoms with E-state index in [-0.39, 0.29) is 0 Å². The number of hydrogen-bond acceptors (Lipinski definition) is 10. The van der Waals surface area contributed by atoms with Gasteiger partial charge in [-0.15, -0.1) is 0 Å². The van der Waals surface area contributed by atoms with Crippen molar-refractivity contribution < 1.29 is 48.8 Å². The number of benzene rings is 2. The van der Waals surface area contributed by atoms with Gasteiger partial charge in [0.1, 0.15) is 16.9 Å². The lowest BCUT2D eigenvalue weighted by Gasteiger charge is -2.28. The zero-order valence-corrected chi connectivity index (χ0v) is 20.6. The molecule has 0 aliphatic rings. The zero-order valence-electron chi connectivity index (χ0n) is 20.6. The predicted molar refractivity (Wildman–Crippen MR) is 130 cm³/mol. The molecule has 0 amide bonds. The maximum atomic E-state index is 11.0. The minimum absolute atomic E-state index is 0.335. The van der Waals surface area contributed by atoms with E-state index in [4.69, 9.17) is 28.4 Å². The van der Waals surface area contributed by atoms with Crippen LogP contribution in [-0.2, 0) is 0 Å². The van der Waals surface area contributed by atoms with E-state index in [1.165, 1.54) is 54.8 Å². The summed E-state index contributed by atoms with van der Waals surface area (Å²) in [6, 6.07) is 6.27. The van der Waals surface area contributed by atoms with Crippen molar-refractivity contribution in [2.45, 2.75) is 0 Å². The van der Waals surface area contributed by atoms with E-state index in [1.807, 2.05) is 0 Å². The molecule has 0 bridgehead atoms. The summed E-state index contributed by atoms with van der Waals surface area (Å²) in [6.45, 7) is -1.61. The zero-order chi connectivity index (χ0) is 26.2. The van der Waals surface area contributed by atoms with Crippen LogP contribution in [0.2, 0.25) is 0 Å². The molecule has 0 aromatic heterocycles. The Kier molecular flexibility index (Phi) is 9.50. The molecule has 2 rings (SSSR count). The molecule has 10 heteroatoms. The second-order valence-electron chi connectivity index (χ2n) is 7.37. The molecule has 35 heavy (non-hydrogen) atoms. The van der Waals surface area contributed by atoms with Crippen LogP contribution in [0.15, 0.2) is 35.8 Å². The smallest absolute Gasteiger partial charge is 0.203 e. The Morgan fingerprint density at radius 3 is 1.09 bits per heavy atom. The largest absolute Gasteiger partial charge is 0.511 e. The van der Waals surface area contributed by atoms with Gasteiger partial charge in [-0.3, -0.25) is 0 Å². The Balaban J connectivity index is 2.62. The average molecular weight is 493 g/mol. The van der Waals surface area contributed by atoms with E-state index in [0.29, 0.717) is 45.6 Å². The Hall–Kier alpha value is -3.76. The first-order valence-corrected chi connectivity index (χ1v) is 10.4. The van der Waals surface area contributed by atoms with Crippen molar-refractivity contribution in [1.82, 2.24) is 0 Å². The van der Waals surface area contributed by atoms with Gasteiger partial charge < -0.3 is 48.8 Å². The second kappa shape index (κ2) is 12.1. The number of methoxy groups -OCH3 is 6. The summed E-state index contributed by atoms with van der Waals surface area (Å²) in [5.74, 6) is 1.04. The van der Waals surface area contributed by atoms with Gasteiger partial charge in [0.15, 0.2) is 23.0 Å². The van der Waals surface area contributed by atoms with Gasteiger partial charge in [-0.25, -0.2) is 0 Å². The van der Waals surface area contributed by atoms with Crippen molar-refractivity contribution in [1.29, 1.82) is 0 Å². The minimum Gasteiger partial charge on any atom is -0.511 e. The normalized spacial score (nSPS) is 12.2. The lowest BCUT2D eigenvalue weighted by Crippen LogP contribution is -2.34. The molecular weight excluding hydrogens is 460 g/mol. The van der Waals surface area contributed by atoms with Crippen molar-refractivity contribution in [3.63, 3.8) is 0 Å². The number of ether oxygens (including phenoxy) is 6. The van der Waals surface area contributed by atoms with E-state index < -0.39 is 30.1 Å². The van der Waals surface area contributed by atoms with Gasteiger partial charge in [0.2, 0.25) is 11.5 Å². The summed E-state index contributed by atoms with van der Waals surface area (Å²) in [4.78, 5) is 0. The van der Waals surface area contributed by atoms with Gasteiger partial charge in [-0.2, -0.15) is 0 Å². The summed E-state index contributed by atoms with van der Waals surface area (Å²) in [7, 11) is 8.71. The molecule has 0 saturated carbocycles. The molecule has 0 radical (unpaired) electrons. The van der Waals surface area contributed by atoms with Crippen LogP contribution in [-0.4, -0.2) is 76.3 Å². The van der Waals surface area contributed by atoms with Crippen LogP contribution < -0.4 is 28.4 Å². The van der Waals surface area contributed by atoms with Crippen molar-refractivity contribution >= 4 is 12.2 Å². The monoisotopic (exact) mass is 492 g/mol. The van der Waals surface area contributed by atoms with Gasteiger partial charge in [-0.05, 0) is 47.5 Å². The van der Waals surface area contributed by atoms with Crippen LogP contribution in [0.1, 0.15) is 11.1 Å². The fraction of sp³-hybridized carbons (Fsp3) is 0.360. The third kappa shape index (κ3) is 5.50. The molecular formula is C25H32O10. The summed E-state index contributed by atoms with van der Waals surface area (Å²) in [5.41, 5.74) is -1.10. The Labute approximate surface area is 204 Å². The molecule has 2 aromatic carbocycles. The first kappa shape index (κ1) is 27.5. The third-order valence-electron chi connectivity index (χ3n) is 5.50. The second-order valence-corrected chi connectivity index (χ2v) is 7.37.